The van der Waals surface area contributed by atoms with Crippen LogP contribution < -0.4 is 14.8 Å². The van der Waals surface area contributed by atoms with Crippen LogP contribution in [0.15, 0.2) is 42.5 Å². The molecule has 0 bridgehead atoms. The van der Waals surface area contributed by atoms with Gasteiger partial charge in [-0.1, -0.05) is 41.0 Å². The summed E-state index contributed by atoms with van der Waals surface area (Å²) in [6.07, 6.45) is 0. The molecule has 0 radical (unpaired) electrons. The number of nitrogens with zero attached hydrogens (tertiary/aromatic N) is 3. The number of hydrogen-bond acceptors (Lipinski definition) is 6. The number of hydrogen-bond donors (Lipinski definition) is 2. The maximum atomic E-state index is 6.14. The summed E-state index contributed by atoms with van der Waals surface area (Å²) in [5, 5.41) is 17.3. The summed E-state index contributed by atoms with van der Waals surface area (Å²) >= 11 is 6.14. The van der Waals surface area contributed by atoms with Crippen molar-refractivity contribution in [3.05, 3.63) is 58.6 Å². The van der Waals surface area contributed by atoms with Crippen molar-refractivity contribution >= 4 is 17.5 Å². The van der Waals surface area contributed by atoms with E-state index in [1.807, 2.05) is 42.5 Å². The number of H-pyrrole nitrogens is 1. The quantitative estimate of drug-likeness (QED) is 0.684. The molecule has 7 nitrogen and oxygen atoms in total. The van der Waals surface area contributed by atoms with Gasteiger partial charge >= 0.3 is 0 Å². The topological polar surface area (TPSA) is 85.0 Å². The maximum Gasteiger partial charge on any atom is 0.263 e. The lowest BCUT2D eigenvalue weighted by Gasteiger charge is -2.13. The molecule has 2 aromatic carbocycles. The molecule has 8 heteroatoms. The minimum absolute atomic E-state index is 0.372. The van der Waals surface area contributed by atoms with Crippen molar-refractivity contribution in [2.75, 3.05) is 12.4 Å². The molecule has 2 N–H and O–H groups in total. The molecule has 24 heavy (non-hydrogen) atoms. The zero-order valence-electron chi connectivity index (χ0n) is 13.0. The first kappa shape index (κ1) is 16.1. The Morgan fingerprint density at radius 3 is 2.79 bits per heavy atom. The van der Waals surface area contributed by atoms with Crippen molar-refractivity contribution < 1.29 is 9.47 Å². The van der Waals surface area contributed by atoms with E-state index < -0.39 is 0 Å². The van der Waals surface area contributed by atoms with Crippen LogP contribution in [0.2, 0.25) is 5.02 Å². The molecule has 0 unspecified atom stereocenters. The molecule has 0 atom stereocenters. The zero-order chi connectivity index (χ0) is 16.8. The van der Waals surface area contributed by atoms with Crippen LogP contribution in [0.4, 0.5) is 5.95 Å². The second-order valence-corrected chi connectivity index (χ2v) is 5.36. The third-order valence-electron chi connectivity index (χ3n) is 3.37. The molecular weight excluding hydrogens is 330 g/mol. The van der Waals surface area contributed by atoms with Gasteiger partial charge in [0, 0.05) is 17.1 Å². The van der Waals surface area contributed by atoms with Crippen molar-refractivity contribution in [2.45, 2.75) is 13.2 Å². The van der Waals surface area contributed by atoms with Crippen LogP contribution in [0.1, 0.15) is 11.1 Å². The number of aromatic amines is 1. The Hall–Kier alpha value is -2.80. The number of rotatable bonds is 7. The Morgan fingerprint density at radius 1 is 1.17 bits per heavy atom. The van der Waals surface area contributed by atoms with Gasteiger partial charge in [0.25, 0.3) is 5.95 Å². The minimum Gasteiger partial charge on any atom is -0.493 e. The Bertz CT molecular complexity index is 795. The highest BCUT2D eigenvalue weighted by Gasteiger charge is 2.08. The molecule has 0 aliphatic carbocycles. The van der Waals surface area contributed by atoms with Gasteiger partial charge in [-0.15, -0.1) is 5.10 Å². The number of tetrazole rings is 1. The van der Waals surface area contributed by atoms with Crippen LogP contribution in [0.3, 0.4) is 0 Å². The standard InChI is InChI=1S/C16H16ClN5O2/c1-23-15-8-11(9-18-16-19-21-22-20-16)6-7-14(15)24-10-12-4-2-3-5-13(12)17/h2-8H,9-10H2,1H3,(H2,18,19,20,21,22). The second kappa shape index (κ2) is 7.65. The summed E-state index contributed by atoms with van der Waals surface area (Å²) < 4.78 is 11.2. The Morgan fingerprint density at radius 2 is 2.04 bits per heavy atom. The first-order chi connectivity index (χ1) is 11.8. The lowest BCUT2D eigenvalue weighted by molar-refractivity contribution is 0.284. The van der Waals surface area contributed by atoms with E-state index in [0.29, 0.717) is 35.6 Å². The number of ether oxygens (including phenoxy) is 2. The number of benzene rings is 2. The molecule has 0 spiro atoms. The number of anilines is 1. The second-order valence-electron chi connectivity index (χ2n) is 4.95. The maximum absolute atomic E-state index is 6.14. The fraction of sp³-hybridized carbons (Fsp3) is 0.188. The molecular formula is C16H16ClN5O2. The Kier molecular flexibility index (Phi) is 5.12. The van der Waals surface area contributed by atoms with Crippen LogP contribution in [0, 0.1) is 0 Å². The van der Waals surface area contributed by atoms with Gasteiger partial charge in [0.05, 0.1) is 7.11 Å². The summed E-state index contributed by atoms with van der Waals surface area (Å²) in [5.74, 6) is 1.74. The van der Waals surface area contributed by atoms with Gasteiger partial charge in [0.15, 0.2) is 11.5 Å². The number of methoxy groups -OCH3 is 1. The Balaban J connectivity index is 1.66. The molecule has 1 heterocycles. The van der Waals surface area contributed by atoms with E-state index in [4.69, 9.17) is 21.1 Å². The molecule has 0 saturated carbocycles. The highest BCUT2D eigenvalue weighted by atomic mass is 35.5. The average Bonchev–Trinajstić information content (AvgIpc) is 3.13. The van der Waals surface area contributed by atoms with Crippen molar-refractivity contribution in [3.63, 3.8) is 0 Å². The number of aromatic nitrogens is 4. The van der Waals surface area contributed by atoms with Crippen molar-refractivity contribution in [1.82, 2.24) is 20.6 Å². The van der Waals surface area contributed by atoms with Gasteiger partial charge in [-0.2, -0.15) is 5.21 Å². The average molecular weight is 346 g/mol. The fourth-order valence-corrected chi connectivity index (χ4v) is 2.32. The van der Waals surface area contributed by atoms with Gasteiger partial charge in [-0.05, 0) is 29.0 Å². The molecule has 1 aromatic heterocycles. The normalized spacial score (nSPS) is 10.4. The molecule has 3 rings (SSSR count). The summed E-state index contributed by atoms with van der Waals surface area (Å²) in [7, 11) is 1.61. The van der Waals surface area contributed by atoms with Gasteiger partial charge in [-0.25, -0.2) is 0 Å². The van der Waals surface area contributed by atoms with Crippen molar-refractivity contribution in [1.29, 1.82) is 0 Å². The molecule has 124 valence electrons. The van der Waals surface area contributed by atoms with E-state index in [-0.39, 0.29) is 0 Å². The van der Waals surface area contributed by atoms with Gasteiger partial charge in [-0.3, -0.25) is 0 Å². The molecule has 0 amide bonds. The van der Waals surface area contributed by atoms with E-state index in [9.17, 15) is 0 Å². The highest BCUT2D eigenvalue weighted by Crippen LogP contribution is 2.29. The van der Waals surface area contributed by atoms with E-state index in [1.54, 1.807) is 7.11 Å². The fourth-order valence-electron chi connectivity index (χ4n) is 2.13. The molecule has 0 aliphatic rings. The van der Waals surface area contributed by atoms with Gasteiger partial charge in [0.2, 0.25) is 0 Å². The summed E-state index contributed by atoms with van der Waals surface area (Å²) in [4.78, 5) is 0. The van der Waals surface area contributed by atoms with Gasteiger partial charge in [0.1, 0.15) is 6.61 Å². The van der Waals surface area contributed by atoms with Crippen LogP contribution in [-0.2, 0) is 13.2 Å². The lowest BCUT2D eigenvalue weighted by atomic mass is 10.2. The number of nitrogens with one attached hydrogen (secondary N) is 2. The van der Waals surface area contributed by atoms with Crippen LogP contribution in [-0.4, -0.2) is 27.7 Å². The molecule has 0 saturated heterocycles. The largest absolute Gasteiger partial charge is 0.493 e. The van der Waals surface area contributed by atoms with E-state index >= 15 is 0 Å². The van der Waals surface area contributed by atoms with Crippen molar-refractivity contribution in [2.24, 2.45) is 0 Å². The highest BCUT2D eigenvalue weighted by molar-refractivity contribution is 6.31. The van der Waals surface area contributed by atoms with E-state index in [2.05, 4.69) is 25.9 Å². The summed E-state index contributed by atoms with van der Waals surface area (Å²) in [5.41, 5.74) is 1.92. The summed E-state index contributed by atoms with van der Waals surface area (Å²) in [6, 6.07) is 13.3. The first-order valence-corrected chi connectivity index (χ1v) is 7.64. The first-order valence-electron chi connectivity index (χ1n) is 7.26. The van der Waals surface area contributed by atoms with E-state index in [0.717, 1.165) is 11.1 Å². The lowest BCUT2D eigenvalue weighted by Crippen LogP contribution is -2.03. The SMILES string of the molecule is COc1cc(CNc2nn[nH]n2)ccc1OCc1ccccc1Cl. The van der Waals surface area contributed by atoms with Crippen LogP contribution in [0.25, 0.3) is 0 Å². The molecule has 0 aliphatic heterocycles. The predicted octanol–water partition coefficient (Wildman–Crippen LogP) is 3.05. The van der Waals surface area contributed by atoms with E-state index in [1.165, 1.54) is 0 Å². The van der Waals surface area contributed by atoms with Crippen molar-refractivity contribution in [3.8, 4) is 11.5 Å². The smallest absolute Gasteiger partial charge is 0.263 e. The molecule has 3 aromatic rings. The van der Waals surface area contributed by atoms with Crippen LogP contribution in [0.5, 0.6) is 11.5 Å². The van der Waals surface area contributed by atoms with Crippen LogP contribution >= 0.6 is 11.6 Å². The number of halogens is 1. The third kappa shape index (κ3) is 3.94. The molecule has 0 fully saturated rings. The predicted molar refractivity (Wildman–Crippen MR) is 90.3 cm³/mol. The third-order valence-corrected chi connectivity index (χ3v) is 3.73. The minimum atomic E-state index is 0.372. The zero-order valence-corrected chi connectivity index (χ0v) is 13.7. The summed E-state index contributed by atoms with van der Waals surface area (Å²) in [6.45, 7) is 0.914. The van der Waals surface area contributed by atoms with Gasteiger partial charge < -0.3 is 14.8 Å². The monoisotopic (exact) mass is 345 g/mol. The Labute approximate surface area is 143 Å².